The summed E-state index contributed by atoms with van der Waals surface area (Å²) in [7, 11) is 3.08. The number of nitrogens with zero attached hydrogens (tertiary/aromatic N) is 1. The second-order valence-electron chi connectivity index (χ2n) is 6.40. The lowest BCUT2D eigenvalue weighted by Crippen LogP contribution is -3.15. The van der Waals surface area contributed by atoms with Gasteiger partial charge in [0.2, 0.25) is 0 Å². The van der Waals surface area contributed by atoms with E-state index in [-0.39, 0.29) is 5.91 Å². The number of piperazine rings is 1. The van der Waals surface area contributed by atoms with Gasteiger partial charge in [0.05, 0.1) is 31.1 Å². The molecular formula is C19H25ClN4O3+2. The van der Waals surface area contributed by atoms with Gasteiger partial charge in [0, 0.05) is 18.2 Å². The fourth-order valence-corrected chi connectivity index (χ4v) is 3.43. The number of ether oxygens (including phenoxy) is 2. The zero-order chi connectivity index (χ0) is 19.2. The molecule has 1 aliphatic heterocycles. The lowest BCUT2D eigenvalue weighted by Gasteiger charge is -2.27. The summed E-state index contributed by atoms with van der Waals surface area (Å²) in [5.74, 6) is 2.05. The smallest absolute Gasteiger partial charge is 0.279 e. The molecule has 0 atom stereocenters. The summed E-state index contributed by atoms with van der Waals surface area (Å²) in [5.41, 5.74) is 0.556. The molecule has 1 amide bonds. The zero-order valence-corrected chi connectivity index (χ0v) is 16.3. The van der Waals surface area contributed by atoms with Crippen LogP contribution in [0.3, 0.4) is 0 Å². The molecule has 1 aromatic carbocycles. The second-order valence-corrected chi connectivity index (χ2v) is 6.80. The Bertz CT molecular complexity index is 780. The first kappa shape index (κ1) is 19.3. The average molecular weight is 393 g/mol. The molecule has 7 nitrogen and oxygen atoms in total. The maximum Gasteiger partial charge on any atom is 0.279 e. The van der Waals surface area contributed by atoms with Crippen molar-refractivity contribution in [3.05, 3.63) is 41.6 Å². The molecule has 3 N–H and O–H groups in total. The first-order chi connectivity index (χ1) is 13.1. The third-order valence-corrected chi connectivity index (χ3v) is 4.96. The van der Waals surface area contributed by atoms with E-state index in [4.69, 9.17) is 21.1 Å². The van der Waals surface area contributed by atoms with Gasteiger partial charge >= 0.3 is 0 Å². The van der Waals surface area contributed by atoms with Crippen molar-refractivity contribution in [1.29, 1.82) is 0 Å². The molecule has 8 heteroatoms. The summed E-state index contributed by atoms with van der Waals surface area (Å²) in [5, 5.41) is 3.35. The number of benzene rings is 1. The number of carbonyl (C=O) groups excluding carboxylic acids is 1. The molecule has 0 aliphatic carbocycles. The van der Waals surface area contributed by atoms with Gasteiger partial charge in [0.15, 0.2) is 6.54 Å². The van der Waals surface area contributed by atoms with E-state index in [1.807, 2.05) is 18.3 Å². The number of pyridine rings is 1. The van der Waals surface area contributed by atoms with Crippen molar-refractivity contribution in [3.8, 4) is 11.5 Å². The summed E-state index contributed by atoms with van der Waals surface area (Å²) >= 11 is 6.11. The Morgan fingerprint density at radius 2 is 1.96 bits per heavy atom. The van der Waals surface area contributed by atoms with Crippen molar-refractivity contribution in [1.82, 2.24) is 0 Å². The lowest BCUT2D eigenvalue weighted by atomic mass is 10.2. The van der Waals surface area contributed by atoms with Crippen LogP contribution in [0.5, 0.6) is 11.5 Å². The van der Waals surface area contributed by atoms with E-state index in [0.29, 0.717) is 28.8 Å². The largest absolute Gasteiger partial charge is 0.495 e. The fraction of sp³-hybridized carbons (Fsp3) is 0.368. The molecule has 0 unspecified atom stereocenters. The van der Waals surface area contributed by atoms with Crippen LogP contribution >= 0.6 is 11.6 Å². The Labute approximate surface area is 163 Å². The van der Waals surface area contributed by atoms with E-state index in [1.165, 1.54) is 12.0 Å². The van der Waals surface area contributed by atoms with Crippen molar-refractivity contribution in [2.75, 3.05) is 57.2 Å². The van der Waals surface area contributed by atoms with Crippen LogP contribution in [0, 0.1) is 0 Å². The number of amides is 1. The van der Waals surface area contributed by atoms with Crippen LogP contribution in [0.2, 0.25) is 5.02 Å². The van der Waals surface area contributed by atoms with E-state index >= 15 is 0 Å². The first-order valence-corrected chi connectivity index (χ1v) is 9.25. The molecule has 0 bridgehead atoms. The molecule has 1 aliphatic rings. The van der Waals surface area contributed by atoms with Gasteiger partial charge in [-0.05, 0) is 6.07 Å². The molecule has 2 heterocycles. The predicted octanol–water partition coefficient (Wildman–Crippen LogP) is 0.515. The maximum atomic E-state index is 12.5. The van der Waals surface area contributed by atoms with Crippen LogP contribution in [0.4, 0.5) is 11.5 Å². The number of rotatable bonds is 6. The minimum absolute atomic E-state index is 0.0626. The Morgan fingerprint density at radius 3 is 2.59 bits per heavy atom. The van der Waals surface area contributed by atoms with Crippen LogP contribution in [0.25, 0.3) is 0 Å². The lowest BCUT2D eigenvalue weighted by molar-refractivity contribution is -0.892. The highest BCUT2D eigenvalue weighted by Crippen LogP contribution is 2.35. The normalized spacial score (nSPS) is 14.7. The fourth-order valence-electron chi connectivity index (χ4n) is 3.20. The minimum Gasteiger partial charge on any atom is -0.495 e. The van der Waals surface area contributed by atoms with E-state index < -0.39 is 0 Å². The van der Waals surface area contributed by atoms with Crippen molar-refractivity contribution in [2.45, 2.75) is 0 Å². The summed E-state index contributed by atoms with van der Waals surface area (Å²) in [4.78, 5) is 19.3. The molecule has 1 aromatic heterocycles. The van der Waals surface area contributed by atoms with Crippen molar-refractivity contribution >= 4 is 29.0 Å². The number of halogens is 1. The van der Waals surface area contributed by atoms with Crippen molar-refractivity contribution in [3.63, 3.8) is 0 Å². The van der Waals surface area contributed by atoms with Crippen LogP contribution in [0.15, 0.2) is 36.5 Å². The van der Waals surface area contributed by atoms with E-state index in [0.717, 1.165) is 32.0 Å². The number of methoxy groups -OCH3 is 2. The molecular weight excluding hydrogens is 368 g/mol. The average Bonchev–Trinajstić information content (AvgIpc) is 2.70. The van der Waals surface area contributed by atoms with E-state index in [2.05, 4.69) is 21.3 Å². The highest BCUT2D eigenvalue weighted by Gasteiger charge is 2.27. The molecule has 1 saturated heterocycles. The summed E-state index contributed by atoms with van der Waals surface area (Å²) in [6.45, 7) is 4.01. The monoisotopic (exact) mass is 392 g/mol. The van der Waals surface area contributed by atoms with Gasteiger partial charge in [-0.3, -0.25) is 9.69 Å². The standard InChI is InChI=1S/C19H23ClN4O3/c1-26-16-12-15(17(27-2)11-14(16)20)22-19(25)13-23-7-9-24(10-8-23)18-5-3-4-6-21-18/h3-6,11-12H,7-10,13H2,1-2H3,(H,22,25)/p+2. The molecule has 0 spiro atoms. The van der Waals surface area contributed by atoms with Crippen LogP contribution in [-0.2, 0) is 4.79 Å². The van der Waals surface area contributed by atoms with Crippen LogP contribution < -0.4 is 29.6 Å². The Kier molecular flexibility index (Phi) is 6.36. The SMILES string of the molecule is COc1cc(NC(=O)C[NH+]2CCN(c3cccc[nH+]3)CC2)c(OC)cc1Cl. The van der Waals surface area contributed by atoms with E-state index in [1.54, 1.807) is 19.2 Å². The topological polar surface area (TPSA) is 69.4 Å². The van der Waals surface area contributed by atoms with Gasteiger partial charge in [-0.2, -0.15) is 0 Å². The van der Waals surface area contributed by atoms with Gasteiger partial charge in [0.25, 0.3) is 11.7 Å². The third kappa shape index (κ3) is 4.81. The van der Waals surface area contributed by atoms with E-state index in [9.17, 15) is 4.79 Å². The number of H-pyrrole nitrogens is 1. The predicted molar refractivity (Wildman–Crippen MR) is 104 cm³/mol. The number of hydrogen-bond acceptors (Lipinski definition) is 4. The molecule has 0 radical (unpaired) electrons. The molecule has 2 aromatic rings. The molecule has 1 fully saturated rings. The maximum absolute atomic E-state index is 12.5. The van der Waals surface area contributed by atoms with Crippen LogP contribution in [0.1, 0.15) is 0 Å². The second kappa shape index (κ2) is 8.92. The van der Waals surface area contributed by atoms with Gasteiger partial charge in [0.1, 0.15) is 37.7 Å². The number of carbonyl (C=O) groups is 1. The third-order valence-electron chi connectivity index (χ3n) is 4.66. The molecule has 27 heavy (non-hydrogen) atoms. The van der Waals surface area contributed by atoms with Crippen LogP contribution in [-0.4, -0.2) is 52.9 Å². The number of nitrogens with one attached hydrogen (secondary N) is 3. The van der Waals surface area contributed by atoms with Gasteiger partial charge in [-0.25, -0.2) is 4.98 Å². The molecule has 144 valence electrons. The number of aromatic amines is 1. The van der Waals surface area contributed by atoms with Crippen molar-refractivity contribution in [2.24, 2.45) is 0 Å². The summed E-state index contributed by atoms with van der Waals surface area (Å²) < 4.78 is 10.5. The van der Waals surface area contributed by atoms with Gasteiger partial charge in [-0.15, -0.1) is 0 Å². The number of hydrogen-bond donors (Lipinski definition) is 2. The van der Waals surface area contributed by atoms with Gasteiger partial charge < -0.3 is 19.7 Å². The number of aromatic nitrogens is 1. The number of quaternary nitrogens is 1. The summed E-state index contributed by atoms with van der Waals surface area (Å²) in [6.07, 6.45) is 1.93. The summed E-state index contributed by atoms with van der Waals surface area (Å²) in [6, 6.07) is 9.37. The number of anilines is 2. The first-order valence-electron chi connectivity index (χ1n) is 8.87. The molecule has 0 saturated carbocycles. The highest BCUT2D eigenvalue weighted by atomic mass is 35.5. The van der Waals surface area contributed by atoms with Gasteiger partial charge in [-0.1, -0.05) is 17.7 Å². The quantitative estimate of drug-likeness (QED) is 0.751. The Morgan fingerprint density at radius 1 is 1.22 bits per heavy atom. The zero-order valence-electron chi connectivity index (χ0n) is 15.5. The molecule has 3 rings (SSSR count). The van der Waals surface area contributed by atoms with Crippen molar-refractivity contribution < 1.29 is 24.2 Å². The Hall–Kier alpha value is -2.51. The highest BCUT2D eigenvalue weighted by molar-refractivity contribution is 6.32. The minimum atomic E-state index is -0.0626. The Balaban J connectivity index is 1.56.